The van der Waals surface area contributed by atoms with E-state index in [1.54, 1.807) is 12.3 Å². The van der Waals surface area contributed by atoms with Crippen LogP contribution in [0.25, 0.3) is 0 Å². The number of nitrogens with two attached hydrogens (primary N) is 1. The number of hydrogen-bond acceptors (Lipinski definition) is 4. The first-order valence-corrected chi connectivity index (χ1v) is 8.77. The number of piperidine rings is 1. The highest BCUT2D eigenvalue weighted by molar-refractivity contribution is 5.80. The molecule has 0 aliphatic carbocycles. The Balaban J connectivity index is 2.14. The maximum absolute atomic E-state index is 11.5. The Labute approximate surface area is 149 Å². The molecule has 7 heteroatoms. The van der Waals surface area contributed by atoms with Gasteiger partial charge in [0.2, 0.25) is 5.91 Å². The van der Waals surface area contributed by atoms with Gasteiger partial charge < -0.3 is 21.3 Å². The molecule has 4 N–H and O–H groups in total. The van der Waals surface area contributed by atoms with Crippen LogP contribution in [0.15, 0.2) is 36.0 Å². The normalized spacial score (nSPS) is 17.9. The van der Waals surface area contributed by atoms with Crippen LogP contribution in [-0.4, -0.2) is 43.0 Å². The Morgan fingerprint density at radius 3 is 3.12 bits per heavy atom. The Morgan fingerprint density at radius 1 is 1.56 bits per heavy atom. The van der Waals surface area contributed by atoms with E-state index in [-0.39, 0.29) is 11.8 Å². The number of aromatic nitrogens is 1. The molecule has 0 spiro atoms. The molecule has 1 unspecified atom stereocenters. The fourth-order valence-electron chi connectivity index (χ4n) is 2.91. The van der Waals surface area contributed by atoms with Crippen LogP contribution < -0.4 is 21.3 Å². The minimum absolute atomic E-state index is 0.112. The summed E-state index contributed by atoms with van der Waals surface area (Å²) in [6.45, 7) is 9.18. The van der Waals surface area contributed by atoms with Crippen LogP contribution in [0.2, 0.25) is 0 Å². The maximum Gasteiger partial charge on any atom is 0.222 e. The van der Waals surface area contributed by atoms with Crippen LogP contribution in [0.1, 0.15) is 25.3 Å². The molecule has 0 aromatic carbocycles. The lowest BCUT2D eigenvalue weighted by atomic mass is 9.97. The minimum atomic E-state index is -0.233. The summed E-state index contributed by atoms with van der Waals surface area (Å²) >= 11 is 0. The molecule has 0 bridgehead atoms. The van der Waals surface area contributed by atoms with Crippen molar-refractivity contribution < 1.29 is 4.79 Å². The van der Waals surface area contributed by atoms with Crippen LogP contribution in [0.5, 0.6) is 0 Å². The van der Waals surface area contributed by atoms with Gasteiger partial charge in [0.15, 0.2) is 5.96 Å². The van der Waals surface area contributed by atoms with Crippen molar-refractivity contribution in [1.82, 2.24) is 15.6 Å². The molecule has 25 heavy (non-hydrogen) atoms. The van der Waals surface area contributed by atoms with E-state index in [1.807, 2.05) is 19.1 Å². The summed E-state index contributed by atoms with van der Waals surface area (Å²) in [5.41, 5.74) is 6.52. The molecular formula is C18H28N6O. The molecule has 1 aromatic rings. The van der Waals surface area contributed by atoms with E-state index in [4.69, 9.17) is 5.73 Å². The largest absolute Gasteiger partial charge is 0.369 e. The van der Waals surface area contributed by atoms with Crippen molar-refractivity contribution in [3.63, 3.8) is 0 Å². The lowest BCUT2D eigenvalue weighted by Crippen LogP contribution is -2.42. The number of anilines is 1. The van der Waals surface area contributed by atoms with Gasteiger partial charge in [-0.25, -0.2) is 9.98 Å². The summed E-state index contributed by atoms with van der Waals surface area (Å²) in [6, 6.07) is 3.94. The summed E-state index contributed by atoms with van der Waals surface area (Å²) in [5.74, 6) is 1.28. The van der Waals surface area contributed by atoms with Gasteiger partial charge in [0.25, 0.3) is 0 Å². The fourth-order valence-corrected chi connectivity index (χ4v) is 2.91. The Morgan fingerprint density at radius 2 is 2.40 bits per heavy atom. The zero-order valence-electron chi connectivity index (χ0n) is 14.9. The van der Waals surface area contributed by atoms with Gasteiger partial charge in [0.1, 0.15) is 5.82 Å². The maximum atomic E-state index is 11.5. The van der Waals surface area contributed by atoms with E-state index in [9.17, 15) is 4.79 Å². The molecule has 2 heterocycles. The Bertz CT molecular complexity index is 615. The summed E-state index contributed by atoms with van der Waals surface area (Å²) < 4.78 is 0. The number of primary amides is 1. The lowest BCUT2D eigenvalue weighted by Gasteiger charge is -2.33. The number of carbonyl (C=O) groups is 1. The average Bonchev–Trinajstić information content (AvgIpc) is 2.64. The van der Waals surface area contributed by atoms with Gasteiger partial charge in [-0.2, -0.15) is 0 Å². The fraction of sp³-hybridized carbons (Fsp3) is 0.500. The van der Waals surface area contributed by atoms with Crippen LogP contribution in [0, 0.1) is 5.92 Å². The van der Waals surface area contributed by atoms with Gasteiger partial charge in [-0.15, -0.1) is 6.58 Å². The number of pyridine rings is 1. The number of guanidine groups is 1. The van der Waals surface area contributed by atoms with Gasteiger partial charge in [0.05, 0.1) is 12.5 Å². The van der Waals surface area contributed by atoms with Gasteiger partial charge in [-0.1, -0.05) is 12.1 Å². The number of amides is 1. The topological polar surface area (TPSA) is 95.6 Å². The molecule has 0 saturated carbocycles. The third-order valence-electron chi connectivity index (χ3n) is 4.16. The Kier molecular flexibility index (Phi) is 7.25. The monoisotopic (exact) mass is 344 g/mol. The zero-order chi connectivity index (χ0) is 18.1. The highest BCUT2D eigenvalue weighted by Gasteiger charge is 2.25. The van der Waals surface area contributed by atoms with E-state index in [1.165, 1.54) is 0 Å². The van der Waals surface area contributed by atoms with Crippen molar-refractivity contribution in [2.45, 2.75) is 26.3 Å². The van der Waals surface area contributed by atoms with Gasteiger partial charge in [-0.05, 0) is 25.8 Å². The standard InChI is InChI=1S/C18H28N6O/c1-3-9-22-18(20-4-2)23-12-14-7-5-10-21-17(14)24-11-6-8-15(13-24)16(19)25/h3,5,7,10,15H,1,4,6,8-9,11-13H2,2H3,(H2,19,25)(H2,20,22,23). The van der Waals surface area contributed by atoms with Crippen LogP contribution >= 0.6 is 0 Å². The number of nitrogens with zero attached hydrogens (tertiary/aromatic N) is 3. The first-order chi connectivity index (χ1) is 12.2. The predicted molar refractivity (Wildman–Crippen MR) is 101 cm³/mol. The van der Waals surface area contributed by atoms with E-state index >= 15 is 0 Å². The predicted octanol–water partition coefficient (Wildman–Crippen LogP) is 1.02. The molecule has 1 fully saturated rings. The molecule has 1 saturated heterocycles. The molecule has 1 aliphatic rings. The third kappa shape index (κ3) is 5.48. The quantitative estimate of drug-likeness (QED) is 0.390. The molecule has 1 atom stereocenters. The van der Waals surface area contributed by atoms with E-state index in [2.05, 4.69) is 32.1 Å². The lowest BCUT2D eigenvalue weighted by molar-refractivity contribution is -0.122. The van der Waals surface area contributed by atoms with Gasteiger partial charge >= 0.3 is 0 Å². The molecule has 1 aromatic heterocycles. The molecule has 1 amide bonds. The van der Waals surface area contributed by atoms with Crippen LogP contribution in [0.3, 0.4) is 0 Å². The van der Waals surface area contributed by atoms with Crippen molar-refractivity contribution >= 4 is 17.7 Å². The smallest absolute Gasteiger partial charge is 0.222 e. The highest BCUT2D eigenvalue weighted by atomic mass is 16.1. The summed E-state index contributed by atoms with van der Waals surface area (Å²) in [4.78, 5) is 22.8. The summed E-state index contributed by atoms with van der Waals surface area (Å²) in [7, 11) is 0. The minimum Gasteiger partial charge on any atom is -0.369 e. The van der Waals surface area contributed by atoms with Crippen molar-refractivity contribution in [3.05, 3.63) is 36.5 Å². The molecular weight excluding hydrogens is 316 g/mol. The van der Waals surface area contributed by atoms with Gasteiger partial charge in [-0.3, -0.25) is 4.79 Å². The van der Waals surface area contributed by atoms with Crippen molar-refractivity contribution in [2.24, 2.45) is 16.6 Å². The number of carbonyl (C=O) groups excluding carboxylic acids is 1. The highest BCUT2D eigenvalue weighted by Crippen LogP contribution is 2.24. The number of rotatable bonds is 7. The molecule has 7 nitrogen and oxygen atoms in total. The first kappa shape index (κ1) is 18.8. The van der Waals surface area contributed by atoms with Crippen molar-refractivity contribution in [2.75, 3.05) is 31.1 Å². The average molecular weight is 344 g/mol. The van der Waals surface area contributed by atoms with E-state index < -0.39 is 0 Å². The van der Waals surface area contributed by atoms with Crippen LogP contribution in [0.4, 0.5) is 5.82 Å². The molecule has 2 rings (SSSR count). The second-order valence-corrected chi connectivity index (χ2v) is 6.04. The molecule has 0 radical (unpaired) electrons. The van der Waals surface area contributed by atoms with Crippen LogP contribution in [-0.2, 0) is 11.3 Å². The first-order valence-electron chi connectivity index (χ1n) is 8.77. The zero-order valence-corrected chi connectivity index (χ0v) is 14.9. The summed E-state index contributed by atoms with van der Waals surface area (Å²) in [6.07, 6.45) is 5.36. The van der Waals surface area contributed by atoms with E-state index in [0.29, 0.717) is 19.6 Å². The number of nitrogens with one attached hydrogen (secondary N) is 2. The van der Waals surface area contributed by atoms with Crippen molar-refractivity contribution in [3.8, 4) is 0 Å². The SMILES string of the molecule is C=CCNC(=NCc1cccnc1N1CCCC(C(N)=O)C1)NCC. The van der Waals surface area contributed by atoms with Gasteiger partial charge in [0, 0.05) is 37.9 Å². The molecule has 1 aliphatic heterocycles. The Hall–Kier alpha value is -2.57. The third-order valence-corrected chi connectivity index (χ3v) is 4.16. The van der Waals surface area contributed by atoms with Crippen molar-refractivity contribution in [1.29, 1.82) is 0 Å². The summed E-state index contributed by atoms with van der Waals surface area (Å²) in [5, 5.41) is 6.39. The number of aliphatic imine (C=N–C) groups is 1. The second kappa shape index (κ2) is 9.66. The van der Waals surface area contributed by atoms with E-state index in [0.717, 1.165) is 43.3 Å². The number of hydrogen-bond donors (Lipinski definition) is 3. The second-order valence-electron chi connectivity index (χ2n) is 6.04. The molecule has 136 valence electrons.